The van der Waals surface area contributed by atoms with Crippen molar-refractivity contribution in [2.45, 2.75) is 5.92 Å². The number of carbonyl (C=O) groups excluding carboxylic acids is 2. The van der Waals surface area contributed by atoms with E-state index in [4.69, 9.17) is 9.84 Å². The third-order valence-corrected chi connectivity index (χ3v) is 6.94. The van der Waals surface area contributed by atoms with Crippen molar-refractivity contribution in [3.63, 3.8) is 0 Å². The first-order valence-corrected chi connectivity index (χ1v) is 12.8. The Hall–Kier alpha value is -3.37. The standard InChI is InChI=1S/C24H23N3O5S2/c1-33-11-10-27(13-21(28)29)22(30)20-12-25-23(34-20)26-24(31)32-14-19-17-8-4-2-6-15(17)16-7-3-5-9-18(16)19/h2-9,12,19H,10-11,13-14H2,1H3,(H,28,29)(H,25,26,31). The van der Waals surface area contributed by atoms with E-state index in [0.29, 0.717) is 12.3 Å². The third kappa shape index (κ3) is 5.23. The topological polar surface area (TPSA) is 109 Å². The first-order chi connectivity index (χ1) is 16.5. The van der Waals surface area contributed by atoms with Crippen molar-refractivity contribution in [2.75, 3.05) is 37.0 Å². The Kier molecular flexibility index (Phi) is 7.49. The van der Waals surface area contributed by atoms with Gasteiger partial charge in [-0.15, -0.1) is 0 Å². The fourth-order valence-corrected chi connectivity index (χ4v) is 5.10. The van der Waals surface area contributed by atoms with E-state index in [1.165, 1.54) is 22.9 Å². The second-order valence-electron chi connectivity index (χ2n) is 7.59. The molecule has 1 aliphatic rings. The normalized spacial score (nSPS) is 12.0. The summed E-state index contributed by atoms with van der Waals surface area (Å²) in [7, 11) is 0. The molecule has 0 radical (unpaired) electrons. The maximum absolute atomic E-state index is 12.7. The molecule has 3 aromatic rings. The number of fused-ring (bicyclic) bond motifs is 3. The number of hydrogen-bond donors (Lipinski definition) is 2. The van der Waals surface area contributed by atoms with Crippen LogP contribution in [0.1, 0.15) is 26.7 Å². The second-order valence-corrected chi connectivity index (χ2v) is 9.61. The average Bonchev–Trinajstić information content (AvgIpc) is 3.42. The van der Waals surface area contributed by atoms with Crippen molar-refractivity contribution in [3.05, 3.63) is 70.7 Å². The van der Waals surface area contributed by atoms with Gasteiger partial charge >= 0.3 is 12.1 Å². The summed E-state index contributed by atoms with van der Waals surface area (Å²) in [6.07, 6.45) is 2.55. The zero-order valence-electron chi connectivity index (χ0n) is 18.4. The molecule has 0 aliphatic heterocycles. The monoisotopic (exact) mass is 497 g/mol. The maximum Gasteiger partial charge on any atom is 0.413 e. The number of hydrogen-bond acceptors (Lipinski definition) is 7. The van der Waals surface area contributed by atoms with E-state index in [0.717, 1.165) is 33.6 Å². The summed E-state index contributed by atoms with van der Waals surface area (Å²) in [5.74, 6) is -0.971. The lowest BCUT2D eigenvalue weighted by atomic mass is 9.98. The van der Waals surface area contributed by atoms with Gasteiger partial charge in [-0.05, 0) is 28.5 Å². The van der Waals surface area contributed by atoms with Crippen LogP contribution >= 0.6 is 23.1 Å². The first-order valence-electron chi connectivity index (χ1n) is 10.6. The molecule has 1 aliphatic carbocycles. The Morgan fingerprint density at radius 3 is 2.38 bits per heavy atom. The molecular formula is C24H23N3O5S2. The van der Waals surface area contributed by atoms with Gasteiger partial charge in [0.2, 0.25) is 0 Å². The molecular weight excluding hydrogens is 474 g/mol. The molecule has 0 fully saturated rings. The number of thiazole rings is 1. The number of nitrogens with one attached hydrogen (secondary N) is 1. The Balaban J connectivity index is 1.38. The summed E-state index contributed by atoms with van der Waals surface area (Å²) in [5, 5.41) is 11.9. The Labute approximate surface area is 205 Å². The number of carboxylic acids is 1. The minimum Gasteiger partial charge on any atom is -0.480 e. The van der Waals surface area contributed by atoms with Crippen molar-refractivity contribution < 1.29 is 24.2 Å². The summed E-state index contributed by atoms with van der Waals surface area (Å²) in [5.41, 5.74) is 4.51. The minimum absolute atomic E-state index is 0.0624. The molecule has 4 rings (SSSR count). The highest BCUT2D eigenvalue weighted by Gasteiger charge is 2.29. The van der Waals surface area contributed by atoms with E-state index in [2.05, 4.69) is 22.4 Å². The SMILES string of the molecule is CSCCN(CC(=O)O)C(=O)c1cnc(NC(=O)OCC2c3ccccc3-c3ccccc32)s1. The van der Waals surface area contributed by atoms with Gasteiger partial charge in [-0.3, -0.25) is 14.9 Å². The number of rotatable bonds is 9. The molecule has 2 aromatic carbocycles. The van der Waals surface area contributed by atoms with Gasteiger partial charge in [0.05, 0.1) is 6.20 Å². The summed E-state index contributed by atoms with van der Waals surface area (Å²) in [6.45, 7) is 0.0733. The zero-order valence-corrected chi connectivity index (χ0v) is 20.0. The molecule has 0 unspecified atom stereocenters. The van der Waals surface area contributed by atoms with Crippen molar-refractivity contribution >= 4 is 46.2 Å². The summed E-state index contributed by atoms with van der Waals surface area (Å²) in [6, 6.07) is 16.1. The van der Waals surface area contributed by atoms with Crippen LogP contribution < -0.4 is 5.32 Å². The van der Waals surface area contributed by atoms with Crippen molar-refractivity contribution in [1.29, 1.82) is 0 Å². The lowest BCUT2D eigenvalue weighted by Gasteiger charge is -2.19. The molecule has 0 spiro atoms. The van der Waals surface area contributed by atoms with Crippen LogP contribution in [-0.2, 0) is 9.53 Å². The van der Waals surface area contributed by atoms with Crippen LogP contribution in [0.2, 0.25) is 0 Å². The molecule has 1 heterocycles. The zero-order chi connectivity index (χ0) is 24.1. The van der Waals surface area contributed by atoms with E-state index in [1.54, 1.807) is 0 Å². The van der Waals surface area contributed by atoms with Crippen LogP contribution in [0.25, 0.3) is 11.1 Å². The number of aromatic nitrogens is 1. The lowest BCUT2D eigenvalue weighted by Crippen LogP contribution is -2.36. The second kappa shape index (κ2) is 10.7. The molecule has 0 saturated heterocycles. The largest absolute Gasteiger partial charge is 0.480 e. The highest BCUT2D eigenvalue weighted by atomic mass is 32.2. The van der Waals surface area contributed by atoms with Crippen molar-refractivity contribution in [2.24, 2.45) is 0 Å². The van der Waals surface area contributed by atoms with E-state index in [9.17, 15) is 14.4 Å². The number of amides is 2. The molecule has 0 atom stereocenters. The summed E-state index contributed by atoms with van der Waals surface area (Å²) < 4.78 is 5.51. The van der Waals surface area contributed by atoms with Crippen LogP contribution in [0.4, 0.5) is 9.93 Å². The predicted molar refractivity (Wildman–Crippen MR) is 133 cm³/mol. The van der Waals surface area contributed by atoms with Gasteiger partial charge in [0.15, 0.2) is 5.13 Å². The minimum atomic E-state index is -1.09. The van der Waals surface area contributed by atoms with E-state index < -0.39 is 24.5 Å². The number of aliphatic carboxylic acids is 1. The van der Waals surface area contributed by atoms with Crippen LogP contribution in [0.3, 0.4) is 0 Å². The van der Waals surface area contributed by atoms with Gasteiger partial charge in [-0.2, -0.15) is 11.8 Å². The molecule has 10 heteroatoms. The van der Waals surface area contributed by atoms with Crippen LogP contribution in [0.15, 0.2) is 54.7 Å². The van der Waals surface area contributed by atoms with Gasteiger partial charge in [-0.1, -0.05) is 59.9 Å². The van der Waals surface area contributed by atoms with Gasteiger partial charge in [0.25, 0.3) is 5.91 Å². The number of anilines is 1. The summed E-state index contributed by atoms with van der Waals surface area (Å²) >= 11 is 2.50. The Morgan fingerprint density at radius 1 is 1.12 bits per heavy atom. The predicted octanol–water partition coefficient (Wildman–Crippen LogP) is 4.39. The van der Waals surface area contributed by atoms with Crippen LogP contribution in [0.5, 0.6) is 0 Å². The van der Waals surface area contributed by atoms with Crippen LogP contribution in [-0.4, -0.2) is 64.7 Å². The number of carboxylic acid groups (broad SMARTS) is 1. The van der Waals surface area contributed by atoms with Gasteiger partial charge in [-0.25, -0.2) is 9.78 Å². The molecule has 176 valence electrons. The number of nitrogens with zero attached hydrogens (tertiary/aromatic N) is 2. The van der Waals surface area contributed by atoms with Crippen molar-refractivity contribution in [1.82, 2.24) is 9.88 Å². The average molecular weight is 498 g/mol. The summed E-state index contributed by atoms with van der Waals surface area (Å²) in [4.78, 5) is 41.8. The molecule has 34 heavy (non-hydrogen) atoms. The van der Waals surface area contributed by atoms with Gasteiger partial charge in [0.1, 0.15) is 18.0 Å². The molecule has 0 saturated carbocycles. The number of benzene rings is 2. The fraction of sp³-hybridized carbons (Fsp3) is 0.250. The number of ether oxygens (including phenoxy) is 1. The molecule has 0 bridgehead atoms. The maximum atomic E-state index is 12.7. The highest BCUT2D eigenvalue weighted by Crippen LogP contribution is 2.44. The molecule has 2 amide bonds. The van der Waals surface area contributed by atoms with E-state index in [-0.39, 0.29) is 22.5 Å². The van der Waals surface area contributed by atoms with E-state index >= 15 is 0 Å². The smallest absolute Gasteiger partial charge is 0.413 e. The number of thioether (sulfide) groups is 1. The van der Waals surface area contributed by atoms with E-state index in [1.807, 2.05) is 42.7 Å². The molecule has 8 nitrogen and oxygen atoms in total. The Morgan fingerprint density at radius 2 is 1.76 bits per heavy atom. The van der Waals surface area contributed by atoms with Crippen molar-refractivity contribution in [3.8, 4) is 11.1 Å². The van der Waals surface area contributed by atoms with Gasteiger partial charge < -0.3 is 14.7 Å². The lowest BCUT2D eigenvalue weighted by molar-refractivity contribution is -0.137. The first kappa shape index (κ1) is 23.8. The quantitative estimate of drug-likeness (QED) is 0.451. The van der Waals surface area contributed by atoms with Gasteiger partial charge in [0, 0.05) is 18.2 Å². The van der Waals surface area contributed by atoms with Crippen LogP contribution in [0, 0.1) is 0 Å². The molecule has 1 aromatic heterocycles. The third-order valence-electron chi connectivity index (χ3n) is 5.45. The Bertz CT molecular complexity index is 1170. The highest BCUT2D eigenvalue weighted by molar-refractivity contribution is 7.98. The molecule has 2 N–H and O–H groups in total. The fourth-order valence-electron chi connectivity index (χ4n) is 3.93. The number of carbonyl (C=O) groups is 3.